The Morgan fingerprint density at radius 3 is 2.56 bits per heavy atom. The SMILES string of the molecule is CC(N)/C=C/c1cc(F)c([N+](=O)[O-])cc1F. The minimum absolute atomic E-state index is 0.0691. The summed E-state index contributed by atoms with van der Waals surface area (Å²) < 4.78 is 26.4. The largest absolute Gasteiger partial charge is 0.325 e. The molecule has 0 aliphatic rings. The summed E-state index contributed by atoms with van der Waals surface area (Å²) in [5.74, 6) is -1.93. The Bertz CT molecular complexity index is 445. The normalized spacial score (nSPS) is 13.0. The maximum atomic E-state index is 13.3. The number of hydrogen-bond donors (Lipinski definition) is 1. The fourth-order valence-electron chi connectivity index (χ4n) is 1.07. The Balaban J connectivity index is 3.15. The third-order valence-corrected chi connectivity index (χ3v) is 1.84. The Kier molecular flexibility index (Phi) is 3.68. The molecular weight excluding hydrogens is 218 g/mol. The zero-order chi connectivity index (χ0) is 12.3. The van der Waals surface area contributed by atoms with Crippen molar-refractivity contribution in [1.82, 2.24) is 0 Å². The van der Waals surface area contributed by atoms with Gasteiger partial charge >= 0.3 is 5.69 Å². The summed E-state index contributed by atoms with van der Waals surface area (Å²) in [7, 11) is 0. The molecular formula is C10H10F2N2O2. The van der Waals surface area contributed by atoms with Gasteiger partial charge in [0.25, 0.3) is 0 Å². The molecule has 0 spiro atoms. The summed E-state index contributed by atoms with van der Waals surface area (Å²) in [6.45, 7) is 1.66. The lowest BCUT2D eigenvalue weighted by molar-refractivity contribution is -0.387. The third-order valence-electron chi connectivity index (χ3n) is 1.84. The lowest BCUT2D eigenvalue weighted by Crippen LogP contribution is -2.10. The highest BCUT2D eigenvalue weighted by atomic mass is 19.1. The standard InChI is InChI=1S/C10H10F2N2O2/c1-6(13)2-3-7-4-9(12)10(14(15)16)5-8(7)11/h2-6H,13H2,1H3/b3-2+. The van der Waals surface area contributed by atoms with Crippen LogP contribution in [0.4, 0.5) is 14.5 Å². The van der Waals surface area contributed by atoms with Gasteiger partial charge in [0.15, 0.2) is 0 Å². The molecule has 0 aliphatic heterocycles. The second-order valence-corrected chi connectivity index (χ2v) is 3.30. The predicted molar refractivity (Wildman–Crippen MR) is 55.7 cm³/mol. The van der Waals surface area contributed by atoms with Crippen molar-refractivity contribution in [3.63, 3.8) is 0 Å². The van der Waals surface area contributed by atoms with E-state index in [1.807, 2.05) is 0 Å². The van der Waals surface area contributed by atoms with Crippen LogP contribution in [0.2, 0.25) is 0 Å². The van der Waals surface area contributed by atoms with Gasteiger partial charge in [-0.25, -0.2) is 4.39 Å². The lowest BCUT2D eigenvalue weighted by atomic mass is 10.1. The van der Waals surface area contributed by atoms with Gasteiger partial charge in [0.2, 0.25) is 5.82 Å². The molecule has 6 heteroatoms. The van der Waals surface area contributed by atoms with Crippen LogP contribution in [0.5, 0.6) is 0 Å². The van der Waals surface area contributed by atoms with Crippen LogP contribution in [-0.2, 0) is 0 Å². The molecule has 0 saturated heterocycles. The number of halogens is 2. The van der Waals surface area contributed by atoms with Gasteiger partial charge in [-0.15, -0.1) is 0 Å². The Labute approximate surface area is 90.5 Å². The zero-order valence-electron chi connectivity index (χ0n) is 8.48. The van der Waals surface area contributed by atoms with Crippen molar-refractivity contribution in [1.29, 1.82) is 0 Å². The van der Waals surface area contributed by atoms with Gasteiger partial charge in [-0.2, -0.15) is 4.39 Å². The van der Waals surface area contributed by atoms with E-state index in [0.29, 0.717) is 6.07 Å². The first-order valence-corrected chi connectivity index (χ1v) is 4.49. The van der Waals surface area contributed by atoms with Crippen LogP contribution in [0, 0.1) is 21.7 Å². The highest BCUT2D eigenvalue weighted by Gasteiger charge is 2.17. The van der Waals surface area contributed by atoms with Crippen LogP contribution in [-0.4, -0.2) is 11.0 Å². The zero-order valence-corrected chi connectivity index (χ0v) is 8.48. The van der Waals surface area contributed by atoms with E-state index in [4.69, 9.17) is 5.73 Å². The number of nitro groups is 1. The molecule has 16 heavy (non-hydrogen) atoms. The molecule has 0 heterocycles. The van der Waals surface area contributed by atoms with E-state index < -0.39 is 22.2 Å². The molecule has 0 amide bonds. The molecule has 0 saturated carbocycles. The molecule has 0 fully saturated rings. The number of nitro benzene ring substituents is 1. The minimum atomic E-state index is -1.07. The lowest BCUT2D eigenvalue weighted by Gasteiger charge is -2.00. The van der Waals surface area contributed by atoms with Gasteiger partial charge < -0.3 is 5.73 Å². The van der Waals surface area contributed by atoms with E-state index in [-0.39, 0.29) is 11.6 Å². The summed E-state index contributed by atoms with van der Waals surface area (Å²) in [6, 6.07) is 1.01. The van der Waals surface area contributed by atoms with Gasteiger partial charge in [0, 0.05) is 11.6 Å². The van der Waals surface area contributed by atoms with Crippen LogP contribution >= 0.6 is 0 Å². The molecule has 1 atom stereocenters. The Hall–Kier alpha value is -1.82. The first-order chi connectivity index (χ1) is 7.41. The Morgan fingerprint density at radius 2 is 2.06 bits per heavy atom. The molecule has 0 aliphatic carbocycles. The summed E-state index contributed by atoms with van der Waals surface area (Å²) in [5, 5.41) is 10.3. The number of rotatable bonds is 3. The fourth-order valence-corrected chi connectivity index (χ4v) is 1.07. The van der Waals surface area contributed by atoms with Crippen molar-refractivity contribution >= 4 is 11.8 Å². The third kappa shape index (κ3) is 2.83. The molecule has 0 radical (unpaired) electrons. The quantitative estimate of drug-likeness (QED) is 0.637. The van der Waals surface area contributed by atoms with E-state index in [2.05, 4.69) is 0 Å². The number of benzene rings is 1. The Morgan fingerprint density at radius 1 is 1.44 bits per heavy atom. The van der Waals surface area contributed by atoms with Gasteiger partial charge in [-0.3, -0.25) is 10.1 Å². The van der Waals surface area contributed by atoms with Crippen molar-refractivity contribution in [3.05, 3.63) is 45.5 Å². The maximum Gasteiger partial charge on any atom is 0.307 e. The second kappa shape index (κ2) is 4.80. The van der Waals surface area contributed by atoms with Crippen LogP contribution < -0.4 is 5.73 Å². The van der Waals surface area contributed by atoms with Crippen molar-refractivity contribution < 1.29 is 13.7 Å². The van der Waals surface area contributed by atoms with Crippen LogP contribution in [0.3, 0.4) is 0 Å². The average molecular weight is 228 g/mol. The van der Waals surface area contributed by atoms with Crippen molar-refractivity contribution in [3.8, 4) is 0 Å². The number of nitrogens with two attached hydrogens (primary N) is 1. The van der Waals surface area contributed by atoms with Crippen molar-refractivity contribution in [2.45, 2.75) is 13.0 Å². The molecule has 0 aromatic heterocycles. The summed E-state index contributed by atoms with van der Waals surface area (Å²) in [5.41, 5.74) is 4.45. The monoisotopic (exact) mass is 228 g/mol. The van der Waals surface area contributed by atoms with Crippen molar-refractivity contribution in [2.24, 2.45) is 5.73 Å². The van der Waals surface area contributed by atoms with E-state index >= 15 is 0 Å². The molecule has 1 aromatic carbocycles. The molecule has 2 N–H and O–H groups in total. The van der Waals surface area contributed by atoms with Crippen molar-refractivity contribution in [2.75, 3.05) is 0 Å². The van der Waals surface area contributed by atoms with Crippen LogP contribution in [0.1, 0.15) is 12.5 Å². The van der Waals surface area contributed by atoms with E-state index in [0.717, 1.165) is 6.07 Å². The summed E-state index contributed by atoms with van der Waals surface area (Å²) in [4.78, 5) is 9.34. The van der Waals surface area contributed by atoms with E-state index in [1.165, 1.54) is 12.2 Å². The molecule has 0 bridgehead atoms. The first kappa shape index (κ1) is 12.3. The first-order valence-electron chi connectivity index (χ1n) is 4.49. The highest BCUT2D eigenvalue weighted by Crippen LogP contribution is 2.22. The smallest absolute Gasteiger partial charge is 0.307 e. The predicted octanol–water partition coefficient (Wildman–Crippen LogP) is 2.23. The molecule has 1 unspecified atom stereocenters. The van der Waals surface area contributed by atoms with Gasteiger partial charge in [-0.05, 0) is 13.0 Å². The summed E-state index contributed by atoms with van der Waals surface area (Å²) in [6.07, 6.45) is 2.75. The average Bonchev–Trinajstić information content (AvgIpc) is 2.18. The fraction of sp³-hybridized carbons (Fsp3) is 0.200. The number of hydrogen-bond acceptors (Lipinski definition) is 3. The van der Waals surface area contributed by atoms with Gasteiger partial charge in [-0.1, -0.05) is 12.2 Å². The van der Waals surface area contributed by atoms with Crippen LogP contribution in [0.25, 0.3) is 6.08 Å². The molecule has 4 nitrogen and oxygen atoms in total. The minimum Gasteiger partial charge on any atom is -0.325 e. The summed E-state index contributed by atoms with van der Waals surface area (Å²) >= 11 is 0. The molecule has 1 rings (SSSR count). The topological polar surface area (TPSA) is 69.2 Å². The van der Waals surface area contributed by atoms with Crippen LogP contribution in [0.15, 0.2) is 18.2 Å². The highest BCUT2D eigenvalue weighted by molar-refractivity contribution is 5.53. The van der Waals surface area contributed by atoms with Gasteiger partial charge in [0.1, 0.15) is 5.82 Å². The van der Waals surface area contributed by atoms with Gasteiger partial charge in [0.05, 0.1) is 11.0 Å². The second-order valence-electron chi connectivity index (χ2n) is 3.30. The maximum absolute atomic E-state index is 13.3. The molecule has 86 valence electrons. The number of nitrogens with zero attached hydrogens (tertiary/aromatic N) is 1. The molecule has 1 aromatic rings. The van der Waals surface area contributed by atoms with E-state index in [9.17, 15) is 18.9 Å². The van der Waals surface area contributed by atoms with E-state index in [1.54, 1.807) is 6.92 Å².